The predicted octanol–water partition coefficient (Wildman–Crippen LogP) is -0.577. The van der Waals surface area contributed by atoms with Crippen LogP contribution in [-0.2, 0) is 18.9 Å². The van der Waals surface area contributed by atoms with Gasteiger partial charge in [-0.15, -0.1) is 0 Å². The minimum atomic E-state index is -0.337. The number of aliphatic hydroxyl groups excluding tert-OH is 1. The van der Waals surface area contributed by atoms with Gasteiger partial charge in [-0.3, -0.25) is 0 Å². The lowest BCUT2D eigenvalue weighted by molar-refractivity contribution is -0.218. The molecule has 0 amide bonds. The zero-order valence-corrected chi connectivity index (χ0v) is 8.80. The van der Waals surface area contributed by atoms with Gasteiger partial charge in [0, 0.05) is 21.3 Å². The van der Waals surface area contributed by atoms with Crippen LogP contribution in [0.15, 0.2) is 0 Å². The average molecular weight is 206 g/mol. The molecule has 1 rings (SSSR count). The first-order valence-electron chi connectivity index (χ1n) is 4.59. The van der Waals surface area contributed by atoms with Crippen LogP contribution in [0, 0.1) is 0 Å². The van der Waals surface area contributed by atoms with E-state index in [0.29, 0.717) is 6.61 Å². The standard InChI is InChI=1S/C9H18O5/c1-11-7-5-14-6(4-10)8(12-2)9(7)13-3/h6-10H,4-5H2,1-3H3/t6?,7?,8-,9?/m1/s1. The Hall–Kier alpha value is -0.200. The van der Waals surface area contributed by atoms with Crippen LogP contribution in [0.1, 0.15) is 0 Å². The molecule has 0 aromatic carbocycles. The smallest absolute Gasteiger partial charge is 0.114 e. The average Bonchev–Trinajstić information content (AvgIpc) is 2.26. The fourth-order valence-electron chi connectivity index (χ4n) is 1.76. The topological polar surface area (TPSA) is 57.2 Å². The van der Waals surface area contributed by atoms with Crippen LogP contribution >= 0.6 is 0 Å². The molecule has 1 fully saturated rings. The summed E-state index contributed by atoms with van der Waals surface area (Å²) in [6.45, 7) is 0.342. The van der Waals surface area contributed by atoms with Crippen molar-refractivity contribution in [3.63, 3.8) is 0 Å². The van der Waals surface area contributed by atoms with Crippen molar-refractivity contribution in [2.24, 2.45) is 0 Å². The number of ether oxygens (including phenoxy) is 4. The minimum Gasteiger partial charge on any atom is -0.394 e. The second-order valence-electron chi connectivity index (χ2n) is 3.23. The molecule has 5 heteroatoms. The van der Waals surface area contributed by atoms with E-state index in [1.165, 1.54) is 0 Å². The number of aliphatic hydroxyl groups is 1. The molecule has 3 unspecified atom stereocenters. The molecule has 0 bridgehead atoms. The lowest BCUT2D eigenvalue weighted by Crippen LogP contribution is -2.56. The molecule has 84 valence electrons. The maximum Gasteiger partial charge on any atom is 0.114 e. The van der Waals surface area contributed by atoms with Gasteiger partial charge in [0.2, 0.25) is 0 Å². The number of hydrogen-bond donors (Lipinski definition) is 1. The highest BCUT2D eigenvalue weighted by Crippen LogP contribution is 2.21. The largest absolute Gasteiger partial charge is 0.394 e. The third-order valence-electron chi connectivity index (χ3n) is 2.56. The summed E-state index contributed by atoms with van der Waals surface area (Å²) in [6, 6.07) is 0. The van der Waals surface area contributed by atoms with Crippen LogP contribution in [0.2, 0.25) is 0 Å². The van der Waals surface area contributed by atoms with E-state index in [9.17, 15) is 0 Å². The summed E-state index contributed by atoms with van der Waals surface area (Å²) in [7, 11) is 4.77. The van der Waals surface area contributed by atoms with Gasteiger partial charge >= 0.3 is 0 Å². The zero-order valence-electron chi connectivity index (χ0n) is 8.80. The van der Waals surface area contributed by atoms with E-state index in [4.69, 9.17) is 24.1 Å². The Bertz CT molecular complexity index is 145. The molecule has 0 spiro atoms. The van der Waals surface area contributed by atoms with Crippen LogP contribution in [0.5, 0.6) is 0 Å². The first-order chi connectivity index (χ1) is 6.78. The molecule has 14 heavy (non-hydrogen) atoms. The van der Waals surface area contributed by atoms with E-state index < -0.39 is 0 Å². The summed E-state index contributed by atoms with van der Waals surface area (Å²) in [5.74, 6) is 0. The molecule has 0 aromatic rings. The van der Waals surface area contributed by atoms with Gasteiger partial charge in [-0.1, -0.05) is 0 Å². The highest BCUT2D eigenvalue weighted by atomic mass is 16.6. The summed E-state index contributed by atoms with van der Waals surface area (Å²) in [5.41, 5.74) is 0. The summed E-state index contributed by atoms with van der Waals surface area (Å²) in [5, 5.41) is 9.06. The van der Waals surface area contributed by atoms with Crippen molar-refractivity contribution < 1.29 is 24.1 Å². The van der Waals surface area contributed by atoms with Crippen molar-refractivity contribution in [3.8, 4) is 0 Å². The molecule has 0 aromatic heterocycles. The quantitative estimate of drug-likeness (QED) is 0.667. The number of rotatable bonds is 4. The van der Waals surface area contributed by atoms with Gasteiger partial charge in [0.25, 0.3) is 0 Å². The molecule has 4 atom stereocenters. The summed E-state index contributed by atoms with van der Waals surface area (Å²) in [4.78, 5) is 0. The Balaban J connectivity index is 2.67. The lowest BCUT2D eigenvalue weighted by Gasteiger charge is -2.39. The Morgan fingerprint density at radius 1 is 1.14 bits per heavy atom. The Labute approximate surface area is 83.9 Å². The second kappa shape index (κ2) is 5.63. The van der Waals surface area contributed by atoms with Crippen molar-refractivity contribution in [2.75, 3.05) is 34.5 Å². The molecule has 0 radical (unpaired) electrons. The van der Waals surface area contributed by atoms with Gasteiger partial charge in [-0.05, 0) is 0 Å². The van der Waals surface area contributed by atoms with Crippen molar-refractivity contribution in [2.45, 2.75) is 24.4 Å². The third-order valence-corrected chi connectivity index (χ3v) is 2.56. The molecule has 5 nitrogen and oxygen atoms in total. The van der Waals surface area contributed by atoms with Crippen LogP contribution in [0.25, 0.3) is 0 Å². The van der Waals surface area contributed by atoms with E-state index in [1.807, 2.05) is 0 Å². The van der Waals surface area contributed by atoms with Gasteiger partial charge in [-0.2, -0.15) is 0 Å². The molecule has 0 aliphatic carbocycles. The lowest BCUT2D eigenvalue weighted by atomic mass is 10.00. The van der Waals surface area contributed by atoms with E-state index >= 15 is 0 Å². The molecular weight excluding hydrogens is 188 g/mol. The summed E-state index contributed by atoms with van der Waals surface area (Å²) in [6.07, 6.45) is -0.969. The van der Waals surface area contributed by atoms with Crippen LogP contribution in [-0.4, -0.2) is 64.1 Å². The second-order valence-corrected chi connectivity index (χ2v) is 3.23. The fraction of sp³-hybridized carbons (Fsp3) is 1.00. The number of methoxy groups -OCH3 is 3. The molecule has 0 saturated carbocycles. The van der Waals surface area contributed by atoms with Gasteiger partial charge < -0.3 is 24.1 Å². The highest BCUT2D eigenvalue weighted by molar-refractivity contribution is 4.89. The molecule has 1 N–H and O–H groups in total. The molecule has 1 aliphatic heterocycles. The monoisotopic (exact) mass is 206 g/mol. The third kappa shape index (κ3) is 2.24. The zero-order chi connectivity index (χ0) is 10.6. The Morgan fingerprint density at radius 3 is 2.21 bits per heavy atom. The van der Waals surface area contributed by atoms with E-state index in [2.05, 4.69) is 0 Å². The van der Waals surface area contributed by atoms with Crippen molar-refractivity contribution in [1.82, 2.24) is 0 Å². The Kier molecular flexibility index (Phi) is 4.77. The van der Waals surface area contributed by atoms with Gasteiger partial charge in [0.15, 0.2) is 0 Å². The van der Waals surface area contributed by atoms with Gasteiger partial charge in [0.05, 0.1) is 13.2 Å². The van der Waals surface area contributed by atoms with Crippen LogP contribution in [0.3, 0.4) is 0 Å². The summed E-state index contributed by atoms with van der Waals surface area (Å²) < 4.78 is 21.1. The van der Waals surface area contributed by atoms with Crippen molar-refractivity contribution in [1.29, 1.82) is 0 Å². The molecule has 1 aliphatic rings. The molecular formula is C9H18O5. The number of hydrogen-bond acceptors (Lipinski definition) is 5. The minimum absolute atomic E-state index is 0.0746. The fourth-order valence-corrected chi connectivity index (χ4v) is 1.76. The van der Waals surface area contributed by atoms with Crippen molar-refractivity contribution >= 4 is 0 Å². The summed E-state index contributed by atoms with van der Waals surface area (Å²) >= 11 is 0. The van der Waals surface area contributed by atoms with E-state index in [0.717, 1.165) is 0 Å². The van der Waals surface area contributed by atoms with E-state index in [-0.39, 0.29) is 31.0 Å². The maximum absolute atomic E-state index is 9.06. The van der Waals surface area contributed by atoms with Crippen LogP contribution < -0.4 is 0 Å². The van der Waals surface area contributed by atoms with Crippen LogP contribution in [0.4, 0.5) is 0 Å². The van der Waals surface area contributed by atoms with Gasteiger partial charge in [-0.25, -0.2) is 0 Å². The first kappa shape index (κ1) is 11.9. The highest BCUT2D eigenvalue weighted by Gasteiger charge is 2.40. The van der Waals surface area contributed by atoms with Crippen molar-refractivity contribution in [3.05, 3.63) is 0 Å². The Morgan fingerprint density at radius 2 is 1.79 bits per heavy atom. The SMILES string of the molecule is COC1COC(CO)[C@@H](OC)C1OC. The van der Waals surface area contributed by atoms with Gasteiger partial charge in [0.1, 0.15) is 24.4 Å². The predicted molar refractivity (Wildman–Crippen MR) is 49.2 cm³/mol. The first-order valence-corrected chi connectivity index (χ1v) is 4.59. The molecule has 1 heterocycles. The maximum atomic E-state index is 9.06. The molecule has 1 saturated heterocycles. The normalized spacial score (nSPS) is 38.6. The van der Waals surface area contributed by atoms with E-state index in [1.54, 1.807) is 21.3 Å².